The van der Waals surface area contributed by atoms with Crippen molar-refractivity contribution >= 4 is 23.7 Å². The van der Waals surface area contributed by atoms with Gasteiger partial charge in [0.1, 0.15) is 0 Å². The summed E-state index contributed by atoms with van der Waals surface area (Å²) < 4.78 is 0. The van der Waals surface area contributed by atoms with Crippen LogP contribution in [0.15, 0.2) is 47.8 Å². The van der Waals surface area contributed by atoms with Crippen LogP contribution in [-0.4, -0.2) is 6.54 Å². The molecule has 0 saturated heterocycles. The average molecular weight is 298 g/mol. The van der Waals surface area contributed by atoms with E-state index in [9.17, 15) is 0 Å². The molecule has 1 aromatic carbocycles. The lowest BCUT2D eigenvalue weighted by Gasteiger charge is -2.25. The molecule has 0 fully saturated rings. The van der Waals surface area contributed by atoms with Crippen LogP contribution < -0.4 is 5.32 Å². The van der Waals surface area contributed by atoms with Gasteiger partial charge in [-0.05, 0) is 44.3 Å². The molecular formula is C16H24ClNS. The molecule has 1 nitrogen and oxygen atoms in total. The third-order valence-corrected chi connectivity index (χ3v) is 4.06. The minimum atomic E-state index is 0. The van der Waals surface area contributed by atoms with Gasteiger partial charge in [-0.3, -0.25) is 0 Å². The first-order valence-electron chi connectivity index (χ1n) is 6.37. The zero-order valence-electron chi connectivity index (χ0n) is 12.1. The zero-order valence-corrected chi connectivity index (χ0v) is 13.8. The van der Waals surface area contributed by atoms with E-state index in [2.05, 4.69) is 44.5 Å². The van der Waals surface area contributed by atoms with Gasteiger partial charge in [0.05, 0.1) is 0 Å². The summed E-state index contributed by atoms with van der Waals surface area (Å²) in [5.41, 5.74) is 1.53. The van der Waals surface area contributed by atoms with Crippen LogP contribution in [0.25, 0.3) is 0 Å². The van der Waals surface area contributed by atoms with Crippen molar-refractivity contribution in [1.82, 2.24) is 5.32 Å². The van der Waals surface area contributed by atoms with Gasteiger partial charge in [0.2, 0.25) is 0 Å². The second-order valence-corrected chi connectivity index (χ2v) is 5.66. The summed E-state index contributed by atoms with van der Waals surface area (Å²) in [4.78, 5) is 1.45. The van der Waals surface area contributed by atoms with Gasteiger partial charge in [-0.2, -0.15) is 0 Å². The highest BCUT2D eigenvalue weighted by atomic mass is 35.5. The highest BCUT2D eigenvalue weighted by Crippen LogP contribution is 2.28. The van der Waals surface area contributed by atoms with Crippen LogP contribution in [0.1, 0.15) is 31.2 Å². The smallest absolute Gasteiger partial charge is 0.0474 e. The summed E-state index contributed by atoms with van der Waals surface area (Å²) >= 11 is 1.83. The lowest BCUT2D eigenvalue weighted by molar-refractivity contribution is 0.422. The maximum Gasteiger partial charge on any atom is 0.0474 e. The van der Waals surface area contributed by atoms with E-state index in [1.807, 2.05) is 47.7 Å². The van der Waals surface area contributed by atoms with Crippen molar-refractivity contribution in [2.45, 2.75) is 33.2 Å². The number of thiophene rings is 1. The van der Waals surface area contributed by atoms with E-state index in [1.165, 1.54) is 10.4 Å². The molecule has 0 bridgehead atoms. The van der Waals surface area contributed by atoms with Gasteiger partial charge < -0.3 is 5.32 Å². The Bertz CT molecular complexity index is 410. The highest BCUT2D eigenvalue weighted by molar-refractivity contribution is 7.10. The largest absolute Gasteiger partial charge is 0.307 e. The Labute approximate surface area is 127 Å². The molecule has 1 N–H and O–H groups in total. The fraction of sp³-hybridized carbons (Fsp3) is 0.375. The first-order valence-corrected chi connectivity index (χ1v) is 7.25. The minimum absolute atomic E-state index is 0. The molecule has 0 atom stereocenters. The molecule has 106 valence electrons. The van der Waals surface area contributed by atoms with Gasteiger partial charge in [0, 0.05) is 10.4 Å². The van der Waals surface area contributed by atoms with E-state index in [-0.39, 0.29) is 17.9 Å². The lowest BCUT2D eigenvalue weighted by Crippen LogP contribution is -2.35. The third kappa shape index (κ3) is 6.24. The van der Waals surface area contributed by atoms with Crippen molar-refractivity contribution in [3.8, 4) is 0 Å². The normalized spacial score (nSPS) is 10.1. The number of hydrogen-bond donors (Lipinski definition) is 1. The number of benzene rings is 1. The molecule has 2 rings (SSSR count). The Morgan fingerprint density at radius 3 is 1.84 bits per heavy atom. The molecule has 2 aromatic rings. The first kappa shape index (κ1) is 18.2. The van der Waals surface area contributed by atoms with E-state index in [0.29, 0.717) is 0 Å². The van der Waals surface area contributed by atoms with Crippen LogP contribution in [0.3, 0.4) is 0 Å². The van der Waals surface area contributed by atoms with Gasteiger partial charge in [0.15, 0.2) is 0 Å². The predicted octanol–water partition coefficient (Wildman–Crippen LogP) is 5.01. The van der Waals surface area contributed by atoms with E-state index in [4.69, 9.17) is 0 Å². The maximum atomic E-state index is 3.48. The summed E-state index contributed by atoms with van der Waals surface area (Å²) in [6, 6.07) is 14.2. The quantitative estimate of drug-likeness (QED) is 0.840. The van der Waals surface area contributed by atoms with E-state index >= 15 is 0 Å². The minimum Gasteiger partial charge on any atom is -0.307 e. The molecule has 1 aromatic heterocycles. The van der Waals surface area contributed by atoms with E-state index in [0.717, 1.165) is 6.54 Å². The van der Waals surface area contributed by atoms with Gasteiger partial charge in [0.25, 0.3) is 0 Å². The van der Waals surface area contributed by atoms with Crippen LogP contribution in [0, 0.1) is 6.92 Å². The summed E-state index contributed by atoms with van der Waals surface area (Å²) in [5, 5.41) is 5.63. The van der Waals surface area contributed by atoms with Crippen LogP contribution >= 0.6 is 23.7 Å². The SMILES string of the molecule is CCNC(C)(C)c1sccc1C.Cl.c1ccccc1. The summed E-state index contributed by atoms with van der Waals surface area (Å²) in [6.07, 6.45) is 0. The van der Waals surface area contributed by atoms with Crippen molar-refractivity contribution in [2.75, 3.05) is 6.54 Å². The fourth-order valence-electron chi connectivity index (χ4n) is 1.92. The Balaban J connectivity index is 0.000000392. The second kappa shape index (κ2) is 9.13. The third-order valence-electron chi connectivity index (χ3n) is 2.72. The van der Waals surface area contributed by atoms with Gasteiger partial charge in [-0.1, -0.05) is 43.3 Å². The van der Waals surface area contributed by atoms with Crippen LogP contribution in [0.4, 0.5) is 0 Å². The van der Waals surface area contributed by atoms with Crippen molar-refractivity contribution in [2.24, 2.45) is 0 Å². The molecule has 0 unspecified atom stereocenters. The Morgan fingerprint density at radius 1 is 1.05 bits per heavy atom. The summed E-state index contributed by atoms with van der Waals surface area (Å²) in [5.74, 6) is 0. The second-order valence-electron chi connectivity index (χ2n) is 4.74. The number of rotatable bonds is 3. The van der Waals surface area contributed by atoms with Crippen LogP contribution in [-0.2, 0) is 5.54 Å². The van der Waals surface area contributed by atoms with Gasteiger partial charge in [-0.15, -0.1) is 23.7 Å². The molecule has 0 aliphatic carbocycles. The highest BCUT2D eigenvalue weighted by Gasteiger charge is 2.21. The number of aryl methyl sites for hydroxylation is 1. The van der Waals surface area contributed by atoms with Crippen molar-refractivity contribution < 1.29 is 0 Å². The van der Waals surface area contributed by atoms with Crippen molar-refractivity contribution in [3.63, 3.8) is 0 Å². The number of halogens is 1. The van der Waals surface area contributed by atoms with Gasteiger partial charge in [-0.25, -0.2) is 0 Å². The Hall–Kier alpha value is -0.830. The van der Waals surface area contributed by atoms with E-state index < -0.39 is 0 Å². The summed E-state index contributed by atoms with van der Waals surface area (Å²) in [7, 11) is 0. The predicted molar refractivity (Wildman–Crippen MR) is 89.4 cm³/mol. The van der Waals surface area contributed by atoms with Crippen LogP contribution in [0.5, 0.6) is 0 Å². The number of hydrogen-bond acceptors (Lipinski definition) is 2. The maximum absolute atomic E-state index is 3.48. The molecule has 0 amide bonds. The zero-order chi connectivity index (χ0) is 13.4. The topological polar surface area (TPSA) is 12.0 Å². The van der Waals surface area contributed by atoms with Crippen molar-refractivity contribution in [3.05, 3.63) is 58.3 Å². The van der Waals surface area contributed by atoms with E-state index in [1.54, 1.807) is 0 Å². The Kier molecular flexibility index (Phi) is 8.73. The molecule has 0 spiro atoms. The summed E-state index contributed by atoms with van der Waals surface area (Å²) in [6.45, 7) is 9.80. The monoisotopic (exact) mass is 297 g/mol. The standard InChI is InChI=1S/C10H17NS.C6H6.ClH/c1-5-11-10(3,4)9-8(2)6-7-12-9;1-2-4-6-5-3-1;/h6-7,11H,5H2,1-4H3;1-6H;1H. The molecule has 0 aliphatic rings. The molecular weight excluding hydrogens is 274 g/mol. The molecule has 19 heavy (non-hydrogen) atoms. The lowest BCUT2D eigenvalue weighted by atomic mass is 10.0. The number of nitrogens with one attached hydrogen (secondary N) is 1. The molecule has 3 heteroatoms. The van der Waals surface area contributed by atoms with Crippen LogP contribution in [0.2, 0.25) is 0 Å². The van der Waals surface area contributed by atoms with Gasteiger partial charge >= 0.3 is 0 Å². The Morgan fingerprint density at radius 2 is 1.53 bits per heavy atom. The fourth-order valence-corrected chi connectivity index (χ4v) is 2.95. The molecule has 1 heterocycles. The molecule has 0 saturated carbocycles. The molecule has 0 radical (unpaired) electrons. The van der Waals surface area contributed by atoms with Crippen molar-refractivity contribution in [1.29, 1.82) is 0 Å². The first-order chi connectivity index (χ1) is 8.58. The molecule has 0 aliphatic heterocycles. The average Bonchev–Trinajstić information content (AvgIpc) is 2.79.